The summed E-state index contributed by atoms with van der Waals surface area (Å²) in [6.45, 7) is 1.29. The second-order valence-electron chi connectivity index (χ2n) is 7.19. The number of carbonyl (C=O) groups is 1. The molecule has 30 heavy (non-hydrogen) atoms. The molecule has 2 heterocycles. The first-order valence-corrected chi connectivity index (χ1v) is 10.7. The molecule has 6 nitrogen and oxygen atoms in total. The van der Waals surface area contributed by atoms with Crippen LogP contribution in [-0.2, 0) is 11.2 Å². The number of methoxy groups -OCH3 is 1. The number of aromatic nitrogens is 2. The zero-order valence-corrected chi connectivity index (χ0v) is 17.5. The molecule has 1 aliphatic heterocycles. The highest BCUT2D eigenvalue weighted by Gasteiger charge is 2.26. The molecule has 3 aromatic rings. The summed E-state index contributed by atoms with van der Waals surface area (Å²) in [7, 11) is 1.64. The molecule has 4 rings (SSSR count). The number of anilines is 2. The van der Waals surface area contributed by atoms with Crippen LogP contribution in [0.4, 0.5) is 15.2 Å². The monoisotopic (exact) mass is 426 g/mol. The van der Waals surface area contributed by atoms with Crippen LogP contribution in [0.5, 0.6) is 5.75 Å². The lowest BCUT2D eigenvalue weighted by atomic mass is 9.95. The summed E-state index contributed by atoms with van der Waals surface area (Å²) in [6.07, 6.45) is 1.94. The SMILES string of the molecule is COc1ccccc1Cc1nnc(NC(=O)C2CCN(c3ccccc3F)CC2)s1. The summed E-state index contributed by atoms with van der Waals surface area (Å²) in [4.78, 5) is 14.7. The predicted molar refractivity (Wildman–Crippen MR) is 116 cm³/mol. The third-order valence-electron chi connectivity index (χ3n) is 5.29. The van der Waals surface area contributed by atoms with Crippen molar-refractivity contribution in [2.24, 2.45) is 5.92 Å². The highest BCUT2D eigenvalue weighted by molar-refractivity contribution is 7.15. The summed E-state index contributed by atoms with van der Waals surface area (Å²) < 4.78 is 19.4. The molecule has 0 bridgehead atoms. The molecule has 1 N–H and O–H groups in total. The van der Waals surface area contributed by atoms with Crippen molar-refractivity contribution in [3.05, 3.63) is 64.9 Å². The molecule has 1 aromatic heterocycles. The number of hydrogen-bond acceptors (Lipinski definition) is 6. The molecule has 0 radical (unpaired) electrons. The predicted octanol–water partition coefficient (Wildman–Crippen LogP) is 4.13. The fourth-order valence-electron chi connectivity index (χ4n) is 3.69. The van der Waals surface area contributed by atoms with Crippen molar-refractivity contribution in [3.63, 3.8) is 0 Å². The number of hydrogen-bond donors (Lipinski definition) is 1. The Morgan fingerprint density at radius 3 is 2.67 bits per heavy atom. The van der Waals surface area contributed by atoms with Crippen LogP contribution in [0, 0.1) is 11.7 Å². The molecule has 1 aliphatic rings. The second kappa shape index (κ2) is 9.21. The average Bonchev–Trinajstić information content (AvgIpc) is 3.21. The van der Waals surface area contributed by atoms with Gasteiger partial charge < -0.3 is 15.0 Å². The van der Waals surface area contributed by atoms with E-state index in [9.17, 15) is 9.18 Å². The van der Waals surface area contributed by atoms with Crippen molar-refractivity contribution in [1.82, 2.24) is 10.2 Å². The Morgan fingerprint density at radius 2 is 1.90 bits per heavy atom. The summed E-state index contributed by atoms with van der Waals surface area (Å²) in [5.74, 6) is 0.412. The van der Waals surface area contributed by atoms with Gasteiger partial charge in [-0.25, -0.2) is 4.39 Å². The first-order chi connectivity index (χ1) is 14.6. The van der Waals surface area contributed by atoms with E-state index in [1.54, 1.807) is 19.2 Å². The Bertz CT molecular complexity index is 1020. The van der Waals surface area contributed by atoms with Crippen LogP contribution in [0.25, 0.3) is 0 Å². The molecule has 156 valence electrons. The Labute approximate surface area is 178 Å². The van der Waals surface area contributed by atoms with Gasteiger partial charge in [-0.3, -0.25) is 4.79 Å². The first kappa shape index (κ1) is 20.3. The number of nitrogens with one attached hydrogen (secondary N) is 1. The van der Waals surface area contributed by atoms with Crippen LogP contribution in [0.3, 0.4) is 0 Å². The number of para-hydroxylation sites is 2. The van der Waals surface area contributed by atoms with Crippen molar-refractivity contribution in [1.29, 1.82) is 0 Å². The molecule has 0 spiro atoms. The number of nitrogens with zero attached hydrogens (tertiary/aromatic N) is 3. The number of ether oxygens (including phenoxy) is 1. The van der Waals surface area contributed by atoms with E-state index in [1.807, 2.05) is 35.2 Å². The number of benzene rings is 2. The molecule has 1 saturated heterocycles. The molecule has 0 unspecified atom stereocenters. The fraction of sp³-hybridized carbons (Fsp3) is 0.318. The molecule has 0 saturated carbocycles. The van der Waals surface area contributed by atoms with E-state index >= 15 is 0 Å². The molecule has 2 aromatic carbocycles. The lowest BCUT2D eigenvalue weighted by Gasteiger charge is -2.33. The minimum Gasteiger partial charge on any atom is -0.496 e. The van der Waals surface area contributed by atoms with Gasteiger partial charge in [-0.2, -0.15) is 0 Å². The van der Waals surface area contributed by atoms with Gasteiger partial charge in [-0.1, -0.05) is 41.7 Å². The lowest BCUT2D eigenvalue weighted by Crippen LogP contribution is -2.38. The smallest absolute Gasteiger partial charge is 0.229 e. The van der Waals surface area contributed by atoms with E-state index in [2.05, 4.69) is 15.5 Å². The van der Waals surface area contributed by atoms with Crippen molar-refractivity contribution in [2.75, 3.05) is 30.4 Å². The summed E-state index contributed by atoms with van der Waals surface area (Å²) in [5, 5.41) is 12.5. The normalized spacial score (nSPS) is 14.5. The number of carbonyl (C=O) groups excluding carboxylic acids is 1. The van der Waals surface area contributed by atoms with Gasteiger partial charge in [0.25, 0.3) is 0 Å². The zero-order valence-electron chi connectivity index (χ0n) is 16.7. The second-order valence-corrected chi connectivity index (χ2v) is 8.25. The maximum absolute atomic E-state index is 14.0. The molecule has 1 fully saturated rings. The van der Waals surface area contributed by atoms with Gasteiger partial charge in [0.15, 0.2) is 0 Å². The van der Waals surface area contributed by atoms with Crippen molar-refractivity contribution >= 4 is 28.1 Å². The maximum atomic E-state index is 14.0. The number of piperidine rings is 1. The van der Waals surface area contributed by atoms with Crippen LogP contribution in [0.2, 0.25) is 0 Å². The molecular weight excluding hydrogens is 403 g/mol. The maximum Gasteiger partial charge on any atom is 0.229 e. The summed E-state index contributed by atoms with van der Waals surface area (Å²) >= 11 is 1.37. The minimum atomic E-state index is -0.225. The van der Waals surface area contributed by atoms with E-state index in [-0.39, 0.29) is 17.6 Å². The highest BCUT2D eigenvalue weighted by Crippen LogP contribution is 2.28. The van der Waals surface area contributed by atoms with Gasteiger partial charge in [-0.15, -0.1) is 10.2 Å². The van der Waals surface area contributed by atoms with E-state index < -0.39 is 0 Å². The Hall–Kier alpha value is -3.00. The summed E-state index contributed by atoms with van der Waals surface area (Å²) in [5.41, 5.74) is 1.62. The number of halogens is 1. The van der Waals surface area contributed by atoms with Crippen molar-refractivity contribution in [3.8, 4) is 5.75 Å². The third kappa shape index (κ3) is 4.59. The Balaban J connectivity index is 1.32. The molecule has 8 heteroatoms. The van der Waals surface area contributed by atoms with Crippen LogP contribution in [0.1, 0.15) is 23.4 Å². The number of rotatable bonds is 6. The van der Waals surface area contributed by atoms with E-state index in [4.69, 9.17) is 4.74 Å². The van der Waals surface area contributed by atoms with Gasteiger partial charge >= 0.3 is 0 Å². The quantitative estimate of drug-likeness (QED) is 0.642. The Morgan fingerprint density at radius 1 is 1.17 bits per heavy atom. The van der Waals surface area contributed by atoms with Gasteiger partial charge in [0.05, 0.1) is 12.8 Å². The zero-order chi connectivity index (χ0) is 20.9. The fourth-order valence-corrected chi connectivity index (χ4v) is 4.45. The molecular formula is C22H23FN4O2S. The van der Waals surface area contributed by atoms with Crippen LogP contribution in [0.15, 0.2) is 48.5 Å². The Kier molecular flexibility index (Phi) is 6.23. The van der Waals surface area contributed by atoms with Crippen molar-refractivity contribution in [2.45, 2.75) is 19.3 Å². The van der Waals surface area contributed by atoms with Gasteiger partial charge in [-0.05, 0) is 31.0 Å². The van der Waals surface area contributed by atoms with E-state index in [0.717, 1.165) is 16.3 Å². The van der Waals surface area contributed by atoms with Crippen LogP contribution < -0.4 is 15.0 Å². The van der Waals surface area contributed by atoms with Gasteiger partial charge in [0.2, 0.25) is 11.0 Å². The number of amides is 1. The summed E-state index contributed by atoms with van der Waals surface area (Å²) in [6, 6.07) is 14.5. The largest absolute Gasteiger partial charge is 0.496 e. The first-order valence-electron chi connectivity index (χ1n) is 9.88. The third-order valence-corrected chi connectivity index (χ3v) is 6.13. The lowest BCUT2D eigenvalue weighted by molar-refractivity contribution is -0.120. The molecule has 0 atom stereocenters. The topological polar surface area (TPSA) is 67.4 Å². The highest BCUT2D eigenvalue weighted by atomic mass is 32.1. The van der Waals surface area contributed by atoms with E-state index in [0.29, 0.717) is 43.2 Å². The van der Waals surface area contributed by atoms with Crippen molar-refractivity contribution < 1.29 is 13.9 Å². The van der Waals surface area contributed by atoms with Gasteiger partial charge in [0.1, 0.15) is 16.6 Å². The van der Waals surface area contributed by atoms with E-state index in [1.165, 1.54) is 17.4 Å². The van der Waals surface area contributed by atoms with Gasteiger partial charge in [0, 0.05) is 31.0 Å². The standard InChI is InChI=1S/C22H23FN4O2S/c1-29-19-9-5-2-6-16(19)14-20-25-26-22(30-20)24-21(28)15-10-12-27(13-11-15)18-8-4-3-7-17(18)23/h2-9,15H,10-14H2,1H3,(H,24,26,28). The molecule has 1 amide bonds. The van der Waals surface area contributed by atoms with Crippen LogP contribution in [-0.4, -0.2) is 36.3 Å². The molecule has 0 aliphatic carbocycles. The average molecular weight is 427 g/mol. The minimum absolute atomic E-state index is 0.0526. The van der Waals surface area contributed by atoms with Crippen LogP contribution >= 0.6 is 11.3 Å².